The van der Waals surface area contributed by atoms with Gasteiger partial charge in [0, 0.05) is 19.1 Å². The number of esters is 1. The van der Waals surface area contributed by atoms with Crippen molar-refractivity contribution in [3.63, 3.8) is 0 Å². The highest BCUT2D eigenvalue weighted by atomic mass is 16.5. The van der Waals surface area contributed by atoms with Crippen molar-refractivity contribution in [3.05, 3.63) is 23.8 Å². The Morgan fingerprint density at radius 2 is 1.80 bits per heavy atom. The average molecular weight is 422 g/mol. The van der Waals surface area contributed by atoms with Crippen molar-refractivity contribution in [1.29, 1.82) is 0 Å². The van der Waals surface area contributed by atoms with Crippen molar-refractivity contribution in [2.45, 2.75) is 39.8 Å². The summed E-state index contributed by atoms with van der Waals surface area (Å²) in [5.41, 5.74) is 0.217. The van der Waals surface area contributed by atoms with Gasteiger partial charge in [0.2, 0.25) is 0 Å². The normalized spacial score (nSPS) is 14.8. The molecule has 1 aromatic carbocycles. The summed E-state index contributed by atoms with van der Waals surface area (Å²) in [4.78, 5) is 38.3. The van der Waals surface area contributed by atoms with Gasteiger partial charge in [-0.15, -0.1) is 0 Å². The number of carbonyl (C=O) groups excluding carboxylic acids is 3. The van der Waals surface area contributed by atoms with Gasteiger partial charge in [-0.25, -0.2) is 4.79 Å². The number of hydrogen-bond acceptors (Lipinski definition) is 7. The molecule has 0 aliphatic carbocycles. The van der Waals surface area contributed by atoms with Crippen LogP contribution in [0.3, 0.4) is 0 Å². The van der Waals surface area contributed by atoms with Gasteiger partial charge in [0.15, 0.2) is 24.2 Å². The van der Waals surface area contributed by atoms with Crippen LogP contribution >= 0.6 is 0 Å². The van der Waals surface area contributed by atoms with Crippen LogP contribution in [-0.4, -0.2) is 74.3 Å². The quantitative estimate of drug-likeness (QED) is 0.600. The van der Waals surface area contributed by atoms with Crippen molar-refractivity contribution in [1.82, 2.24) is 10.2 Å². The van der Waals surface area contributed by atoms with E-state index in [0.29, 0.717) is 44.4 Å². The molecule has 1 aliphatic heterocycles. The van der Waals surface area contributed by atoms with Crippen LogP contribution < -0.4 is 14.8 Å². The molecule has 0 aromatic heterocycles. The van der Waals surface area contributed by atoms with E-state index in [9.17, 15) is 14.4 Å². The van der Waals surface area contributed by atoms with Gasteiger partial charge < -0.3 is 29.2 Å². The second-order valence-corrected chi connectivity index (χ2v) is 7.09. The van der Waals surface area contributed by atoms with Gasteiger partial charge in [0.1, 0.15) is 0 Å². The minimum absolute atomic E-state index is 0.0557. The molecule has 0 unspecified atom stereocenters. The number of morpholine rings is 1. The molecule has 30 heavy (non-hydrogen) atoms. The molecule has 0 saturated carbocycles. The lowest BCUT2D eigenvalue weighted by Crippen LogP contribution is -2.43. The molecule has 9 heteroatoms. The largest absolute Gasteiger partial charge is 0.490 e. The van der Waals surface area contributed by atoms with Crippen molar-refractivity contribution in [2.24, 2.45) is 0 Å². The first-order valence-corrected chi connectivity index (χ1v) is 10.1. The predicted molar refractivity (Wildman–Crippen MR) is 109 cm³/mol. The molecule has 1 saturated heterocycles. The van der Waals surface area contributed by atoms with E-state index in [1.54, 1.807) is 17.9 Å². The topological polar surface area (TPSA) is 103 Å². The van der Waals surface area contributed by atoms with Gasteiger partial charge in [-0.3, -0.25) is 9.59 Å². The predicted octanol–water partition coefficient (Wildman–Crippen LogP) is 1.39. The Balaban J connectivity index is 2.01. The maximum atomic E-state index is 12.4. The van der Waals surface area contributed by atoms with E-state index in [0.717, 1.165) is 0 Å². The number of nitrogens with zero attached hydrogens (tertiary/aromatic N) is 1. The molecule has 1 N–H and O–H groups in total. The highest BCUT2D eigenvalue weighted by molar-refractivity contribution is 5.93. The molecule has 2 rings (SSSR count). The summed E-state index contributed by atoms with van der Waals surface area (Å²) < 4.78 is 21.6. The van der Waals surface area contributed by atoms with Gasteiger partial charge in [0.05, 0.1) is 25.4 Å². The maximum absolute atomic E-state index is 12.4. The molecule has 1 atom stereocenters. The second-order valence-electron chi connectivity index (χ2n) is 7.09. The molecule has 0 spiro atoms. The zero-order valence-corrected chi connectivity index (χ0v) is 17.9. The van der Waals surface area contributed by atoms with Crippen molar-refractivity contribution in [3.8, 4) is 11.5 Å². The summed E-state index contributed by atoms with van der Waals surface area (Å²) in [6.45, 7) is 9.25. The highest BCUT2D eigenvalue weighted by Gasteiger charge is 2.22. The summed E-state index contributed by atoms with van der Waals surface area (Å²) in [7, 11) is 0. The zero-order chi connectivity index (χ0) is 22.1. The Bertz CT molecular complexity index is 745. The highest BCUT2D eigenvalue weighted by Crippen LogP contribution is 2.29. The lowest BCUT2D eigenvalue weighted by atomic mass is 10.2. The third kappa shape index (κ3) is 6.91. The van der Waals surface area contributed by atoms with Gasteiger partial charge in [-0.05, 0) is 45.9 Å². The minimum Gasteiger partial charge on any atom is -0.490 e. The number of carbonyl (C=O) groups is 3. The summed E-state index contributed by atoms with van der Waals surface area (Å²) in [6.07, 6.45) is -0.933. The number of rotatable bonds is 9. The smallest absolute Gasteiger partial charge is 0.339 e. The lowest BCUT2D eigenvalue weighted by molar-refractivity contribution is -0.137. The van der Waals surface area contributed by atoms with E-state index in [1.807, 2.05) is 13.8 Å². The SMILES string of the molecule is CCOc1cc(C(=O)O[C@@H](C)C(=O)NC(C)C)ccc1OCC(=O)N1CCOCC1. The van der Waals surface area contributed by atoms with Crippen LogP contribution in [-0.2, 0) is 19.1 Å². The number of hydrogen-bond donors (Lipinski definition) is 1. The molecule has 1 fully saturated rings. The molecule has 166 valence electrons. The average Bonchev–Trinajstić information content (AvgIpc) is 2.72. The van der Waals surface area contributed by atoms with Gasteiger partial charge in [-0.2, -0.15) is 0 Å². The fourth-order valence-corrected chi connectivity index (χ4v) is 2.75. The number of benzene rings is 1. The monoisotopic (exact) mass is 422 g/mol. The third-order valence-corrected chi connectivity index (χ3v) is 4.28. The summed E-state index contributed by atoms with van der Waals surface area (Å²) >= 11 is 0. The Morgan fingerprint density at radius 3 is 2.43 bits per heavy atom. The van der Waals surface area contributed by atoms with Crippen LogP contribution in [0, 0.1) is 0 Å². The van der Waals surface area contributed by atoms with Gasteiger partial charge in [-0.1, -0.05) is 0 Å². The van der Waals surface area contributed by atoms with E-state index in [4.69, 9.17) is 18.9 Å². The molecule has 9 nitrogen and oxygen atoms in total. The minimum atomic E-state index is -0.933. The molecule has 1 aliphatic rings. The van der Waals surface area contributed by atoms with Crippen LogP contribution in [0.2, 0.25) is 0 Å². The Kier molecular flexibility index (Phi) is 8.91. The lowest BCUT2D eigenvalue weighted by Gasteiger charge is -2.26. The van der Waals surface area contributed by atoms with Crippen molar-refractivity contribution >= 4 is 17.8 Å². The summed E-state index contributed by atoms with van der Waals surface area (Å²) in [5.74, 6) is -0.501. The van der Waals surface area contributed by atoms with E-state index < -0.39 is 12.1 Å². The molecule has 0 radical (unpaired) electrons. The maximum Gasteiger partial charge on any atom is 0.339 e. The van der Waals surface area contributed by atoms with E-state index in [1.165, 1.54) is 19.1 Å². The Morgan fingerprint density at radius 1 is 1.10 bits per heavy atom. The van der Waals surface area contributed by atoms with Crippen molar-refractivity contribution in [2.75, 3.05) is 39.5 Å². The van der Waals surface area contributed by atoms with E-state index in [-0.39, 0.29) is 30.0 Å². The number of nitrogens with one attached hydrogen (secondary N) is 1. The van der Waals surface area contributed by atoms with Gasteiger partial charge in [0.25, 0.3) is 11.8 Å². The summed E-state index contributed by atoms with van der Waals surface area (Å²) in [5, 5.41) is 2.69. The van der Waals surface area contributed by atoms with Crippen LogP contribution in [0.5, 0.6) is 11.5 Å². The summed E-state index contributed by atoms with van der Waals surface area (Å²) in [6, 6.07) is 4.48. The molecular formula is C21H30N2O7. The zero-order valence-electron chi connectivity index (χ0n) is 17.9. The molecule has 1 heterocycles. The Labute approximate surface area is 176 Å². The van der Waals surface area contributed by atoms with E-state index in [2.05, 4.69) is 5.32 Å². The molecular weight excluding hydrogens is 392 g/mol. The van der Waals surface area contributed by atoms with Crippen molar-refractivity contribution < 1.29 is 33.3 Å². The first-order chi connectivity index (χ1) is 14.3. The number of ether oxygens (including phenoxy) is 4. The second kappa shape index (κ2) is 11.4. The van der Waals surface area contributed by atoms with Crippen LogP contribution in [0.15, 0.2) is 18.2 Å². The number of amides is 2. The van der Waals surface area contributed by atoms with Crippen LogP contribution in [0.25, 0.3) is 0 Å². The fraction of sp³-hybridized carbons (Fsp3) is 0.571. The standard InChI is InChI=1S/C21H30N2O7/c1-5-28-18-12-16(21(26)30-15(4)20(25)22-14(2)3)6-7-17(18)29-13-19(24)23-8-10-27-11-9-23/h6-7,12,14-15H,5,8-11,13H2,1-4H3,(H,22,25)/t15-/m0/s1. The molecule has 2 amide bonds. The Hall–Kier alpha value is -2.81. The molecule has 1 aromatic rings. The van der Waals surface area contributed by atoms with Gasteiger partial charge >= 0.3 is 5.97 Å². The fourth-order valence-electron chi connectivity index (χ4n) is 2.75. The molecule has 0 bridgehead atoms. The van der Waals surface area contributed by atoms with E-state index >= 15 is 0 Å². The third-order valence-electron chi connectivity index (χ3n) is 4.28. The first kappa shape index (κ1) is 23.5. The van der Waals surface area contributed by atoms with Crippen LogP contribution in [0.4, 0.5) is 0 Å². The van der Waals surface area contributed by atoms with Crippen LogP contribution in [0.1, 0.15) is 38.1 Å². The first-order valence-electron chi connectivity index (χ1n) is 10.1.